The summed E-state index contributed by atoms with van der Waals surface area (Å²) in [7, 11) is 1.63. The molecule has 1 fully saturated rings. The number of hydrogen-bond acceptors (Lipinski definition) is 4. The molecule has 0 spiro atoms. The van der Waals surface area contributed by atoms with E-state index in [1.54, 1.807) is 24.4 Å². The number of methoxy groups -OCH3 is 1. The number of hydrogen-bond donors (Lipinski definition) is 1. The van der Waals surface area contributed by atoms with Crippen LogP contribution in [-0.2, 0) is 11.2 Å². The highest BCUT2D eigenvalue weighted by Crippen LogP contribution is 2.20. The van der Waals surface area contributed by atoms with Gasteiger partial charge in [-0.2, -0.15) is 0 Å². The van der Waals surface area contributed by atoms with Gasteiger partial charge in [0.25, 0.3) is 5.91 Å². The first-order valence-corrected chi connectivity index (χ1v) is 7.72. The lowest BCUT2D eigenvalue weighted by Gasteiger charge is -2.37. The zero-order chi connectivity index (χ0) is 17.1. The summed E-state index contributed by atoms with van der Waals surface area (Å²) in [5.41, 5.74) is 7.79. The number of nitrogens with zero attached hydrogens (tertiary/aromatic N) is 2. The number of likely N-dealkylation sites (tertiary alicyclic amines) is 1. The van der Waals surface area contributed by atoms with E-state index in [0.717, 1.165) is 16.9 Å². The van der Waals surface area contributed by atoms with Gasteiger partial charge in [-0.1, -0.05) is 12.1 Å². The molecule has 0 atom stereocenters. The Morgan fingerprint density at radius 2 is 2.04 bits per heavy atom. The quantitative estimate of drug-likeness (QED) is 0.896. The smallest absolute Gasteiger partial charge is 0.255 e. The predicted octanol–water partition coefficient (Wildman–Crippen LogP) is 1.24. The Labute approximate surface area is 140 Å². The van der Waals surface area contributed by atoms with Gasteiger partial charge in [0.15, 0.2) is 0 Å². The Bertz CT molecular complexity index is 770. The normalized spacial score (nSPS) is 14.1. The second kappa shape index (κ2) is 6.70. The molecule has 3 rings (SSSR count). The molecule has 0 aliphatic carbocycles. The molecule has 2 amide bonds. The first-order valence-electron chi connectivity index (χ1n) is 7.72. The molecule has 2 aromatic rings. The van der Waals surface area contributed by atoms with Crippen LogP contribution in [0.4, 0.5) is 0 Å². The van der Waals surface area contributed by atoms with Gasteiger partial charge in [-0.05, 0) is 35.7 Å². The standard InChI is InChI=1S/C18H19N3O3/c1-24-16-4-2-3-12(7-16)5-13-6-14(9-20-8-13)18(23)21-10-15(11-21)17(19)22/h2-4,6-9,15H,5,10-11H2,1H3,(H2,19,22). The third-order valence-corrected chi connectivity index (χ3v) is 4.16. The number of benzene rings is 1. The Hall–Kier alpha value is -2.89. The Balaban J connectivity index is 1.70. The molecule has 1 aromatic carbocycles. The van der Waals surface area contributed by atoms with E-state index in [1.165, 1.54) is 0 Å². The summed E-state index contributed by atoms with van der Waals surface area (Å²) in [5, 5.41) is 0. The number of ether oxygens (including phenoxy) is 1. The van der Waals surface area contributed by atoms with Gasteiger partial charge in [-0.3, -0.25) is 14.6 Å². The van der Waals surface area contributed by atoms with Crippen LogP contribution in [0.2, 0.25) is 0 Å². The lowest BCUT2D eigenvalue weighted by Crippen LogP contribution is -2.54. The fourth-order valence-electron chi connectivity index (χ4n) is 2.73. The zero-order valence-electron chi connectivity index (χ0n) is 13.4. The number of carbonyl (C=O) groups is 2. The number of rotatable bonds is 5. The van der Waals surface area contributed by atoms with Crippen molar-refractivity contribution in [3.05, 3.63) is 59.4 Å². The van der Waals surface area contributed by atoms with E-state index in [4.69, 9.17) is 10.5 Å². The van der Waals surface area contributed by atoms with Crippen LogP contribution in [-0.4, -0.2) is 41.9 Å². The van der Waals surface area contributed by atoms with Gasteiger partial charge in [-0.15, -0.1) is 0 Å². The highest BCUT2D eigenvalue weighted by atomic mass is 16.5. The van der Waals surface area contributed by atoms with Crippen molar-refractivity contribution in [1.82, 2.24) is 9.88 Å². The van der Waals surface area contributed by atoms with Crippen molar-refractivity contribution in [3.8, 4) is 5.75 Å². The number of aromatic nitrogens is 1. The van der Waals surface area contributed by atoms with Crippen molar-refractivity contribution in [1.29, 1.82) is 0 Å². The third-order valence-electron chi connectivity index (χ3n) is 4.16. The molecule has 6 nitrogen and oxygen atoms in total. The predicted molar refractivity (Wildman–Crippen MR) is 88.6 cm³/mol. The van der Waals surface area contributed by atoms with Crippen LogP contribution < -0.4 is 10.5 Å². The molecular formula is C18H19N3O3. The molecule has 1 saturated heterocycles. The van der Waals surface area contributed by atoms with Gasteiger partial charge in [-0.25, -0.2) is 0 Å². The summed E-state index contributed by atoms with van der Waals surface area (Å²) in [5.74, 6) is 0.0871. The van der Waals surface area contributed by atoms with Crippen LogP contribution in [0.3, 0.4) is 0 Å². The topological polar surface area (TPSA) is 85.5 Å². The van der Waals surface area contributed by atoms with Crippen molar-refractivity contribution in [2.75, 3.05) is 20.2 Å². The second-order valence-electron chi connectivity index (χ2n) is 5.92. The maximum atomic E-state index is 12.4. The number of primary amides is 1. The molecule has 2 N–H and O–H groups in total. The molecule has 0 unspecified atom stereocenters. The molecule has 1 aromatic heterocycles. The second-order valence-corrected chi connectivity index (χ2v) is 5.92. The van der Waals surface area contributed by atoms with Crippen molar-refractivity contribution in [2.45, 2.75) is 6.42 Å². The summed E-state index contributed by atoms with van der Waals surface area (Å²) in [6.45, 7) is 0.766. The number of carbonyl (C=O) groups excluding carboxylic acids is 2. The summed E-state index contributed by atoms with van der Waals surface area (Å²) in [6, 6.07) is 9.62. The fraction of sp³-hybridized carbons (Fsp3) is 0.278. The van der Waals surface area contributed by atoms with Crippen LogP contribution in [0, 0.1) is 5.92 Å². The van der Waals surface area contributed by atoms with Crippen molar-refractivity contribution in [2.24, 2.45) is 11.7 Å². The molecule has 124 valence electrons. The van der Waals surface area contributed by atoms with E-state index < -0.39 is 0 Å². The van der Waals surface area contributed by atoms with E-state index in [-0.39, 0.29) is 17.7 Å². The van der Waals surface area contributed by atoms with Gasteiger partial charge in [0.05, 0.1) is 18.6 Å². The lowest BCUT2D eigenvalue weighted by atomic mass is 9.98. The average molecular weight is 325 g/mol. The molecule has 0 saturated carbocycles. The number of nitrogens with two attached hydrogens (primary N) is 1. The molecular weight excluding hydrogens is 306 g/mol. The van der Waals surface area contributed by atoms with Crippen LogP contribution >= 0.6 is 0 Å². The minimum Gasteiger partial charge on any atom is -0.497 e. The van der Waals surface area contributed by atoms with E-state index >= 15 is 0 Å². The molecule has 24 heavy (non-hydrogen) atoms. The van der Waals surface area contributed by atoms with E-state index in [9.17, 15) is 9.59 Å². The van der Waals surface area contributed by atoms with Crippen molar-refractivity contribution < 1.29 is 14.3 Å². The maximum absolute atomic E-state index is 12.4. The van der Waals surface area contributed by atoms with Crippen molar-refractivity contribution >= 4 is 11.8 Å². The van der Waals surface area contributed by atoms with Crippen LogP contribution in [0.5, 0.6) is 5.75 Å². The Morgan fingerprint density at radius 3 is 2.75 bits per heavy atom. The minimum atomic E-state index is -0.357. The van der Waals surface area contributed by atoms with E-state index in [2.05, 4.69) is 4.98 Å². The van der Waals surface area contributed by atoms with E-state index in [1.807, 2.05) is 30.3 Å². The highest BCUT2D eigenvalue weighted by Gasteiger charge is 2.34. The first-order chi connectivity index (χ1) is 11.6. The number of amides is 2. The van der Waals surface area contributed by atoms with Crippen molar-refractivity contribution in [3.63, 3.8) is 0 Å². The summed E-state index contributed by atoms with van der Waals surface area (Å²) < 4.78 is 5.22. The molecule has 2 heterocycles. The van der Waals surface area contributed by atoms with Gasteiger partial charge < -0.3 is 15.4 Å². The van der Waals surface area contributed by atoms with E-state index in [0.29, 0.717) is 25.1 Å². The molecule has 6 heteroatoms. The number of pyridine rings is 1. The zero-order valence-corrected chi connectivity index (χ0v) is 13.4. The summed E-state index contributed by atoms with van der Waals surface area (Å²) >= 11 is 0. The first kappa shape index (κ1) is 16.0. The van der Waals surface area contributed by atoms with Gasteiger partial charge >= 0.3 is 0 Å². The van der Waals surface area contributed by atoms with Gasteiger partial charge in [0, 0.05) is 25.5 Å². The minimum absolute atomic E-state index is 0.118. The highest BCUT2D eigenvalue weighted by molar-refractivity contribution is 5.95. The Kier molecular flexibility index (Phi) is 4.46. The largest absolute Gasteiger partial charge is 0.497 e. The SMILES string of the molecule is COc1cccc(Cc2cncc(C(=O)N3CC(C(N)=O)C3)c2)c1. The van der Waals surface area contributed by atoms with Gasteiger partial charge in [0.2, 0.25) is 5.91 Å². The molecule has 1 aliphatic heterocycles. The van der Waals surface area contributed by atoms with Crippen LogP contribution in [0.1, 0.15) is 21.5 Å². The Morgan fingerprint density at radius 1 is 1.25 bits per heavy atom. The molecule has 0 bridgehead atoms. The monoisotopic (exact) mass is 325 g/mol. The lowest BCUT2D eigenvalue weighted by molar-refractivity contribution is -0.125. The fourth-order valence-corrected chi connectivity index (χ4v) is 2.73. The summed E-state index contributed by atoms with van der Waals surface area (Å²) in [6.07, 6.45) is 3.96. The summed E-state index contributed by atoms with van der Waals surface area (Å²) in [4.78, 5) is 29.3. The van der Waals surface area contributed by atoms with Gasteiger partial charge in [0.1, 0.15) is 5.75 Å². The van der Waals surface area contributed by atoms with Crippen LogP contribution in [0.15, 0.2) is 42.7 Å². The van der Waals surface area contributed by atoms with Crippen LogP contribution in [0.25, 0.3) is 0 Å². The average Bonchev–Trinajstić information content (AvgIpc) is 2.53. The maximum Gasteiger partial charge on any atom is 0.255 e. The molecule has 0 radical (unpaired) electrons. The molecule has 1 aliphatic rings. The third kappa shape index (κ3) is 3.37.